The SMILES string of the molecule is Cc1cccc(CN(C(=O)CN(c2ccc3c(c2)OCCO3)S(C)(=O)=O)[C@@H](C)C(=O)NC2CCCCC2)c1. The first-order chi connectivity index (χ1) is 18.1. The van der Waals surface area contributed by atoms with E-state index in [1.165, 1.54) is 11.3 Å². The molecule has 0 bridgehead atoms. The minimum atomic E-state index is -3.83. The van der Waals surface area contributed by atoms with Gasteiger partial charge in [0, 0.05) is 18.7 Å². The lowest BCUT2D eigenvalue weighted by atomic mass is 9.95. The fourth-order valence-electron chi connectivity index (χ4n) is 4.96. The molecule has 1 aliphatic carbocycles. The predicted octanol–water partition coefficient (Wildman–Crippen LogP) is 3.40. The first-order valence-corrected chi connectivity index (χ1v) is 15.0. The molecule has 0 saturated heterocycles. The molecule has 206 valence electrons. The van der Waals surface area contributed by atoms with Crippen LogP contribution in [0, 0.1) is 6.92 Å². The normalized spacial score (nSPS) is 16.4. The molecular weight excluding hydrogens is 506 g/mol. The van der Waals surface area contributed by atoms with Crippen LogP contribution in [0.1, 0.15) is 50.2 Å². The Morgan fingerprint density at radius 2 is 1.74 bits per heavy atom. The standard InChI is InChI=1S/C28H37N3O6S/c1-20-8-7-9-22(16-20)18-30(21(2)28(33)29-23-10-5-4-6-11-23)27(32)19-31(38(3,34)35)24-12-13-25-26(17-24)37-15-14-36-25/h7-9,12-13,16-17,21,23H,4-6,10-11,14-15,18-19H2,1-3H3,(H,29,33)/t21-/m0/s1. The summed E-state index contributed by atoms with van der Waals surface area (Å²) in [7, 11) is -3.83. The second kappa shape index (κ2) is 12.1. The van der Waals surface area contributed by atoms with Crippen molar-refractivity contribution in [2.45, 2.75) is 64.6 Å². The van der Waals surface area contributed by atoms with Crippen LogP contribution in [0.4, 0.5) is 5.69 Å². The van der Waals surface area contributed by atoms with Crippen LogP contribution >= 0.6 is 0 Å². The minimum Gasteiger partial charge on any atom is -0.486 e. The summed E-state index contributed by atoms with van der Waals surface area (Å²) >= 11 is 0. The van der Waals surface area contributed by atoms with Crippen molar-refractivity contribution >= 4 is 27.5 Å². The zero-order chi connectivity index (χ0) is 27.3. The van der Waals surface area contributed by atoms with Gasteiger partial charge in [0.25, 0.3) is 0 Å². The lowest BCUT2D eigenvalue weighted by Gasteiger charge is -2.33. The van der Waals surface area contributed by atoms with Gasteiger partial charge in [-0.3, -0.25) is 13.9 Å². The third kappa shape index (κ3) is 6.98. The number of fused-ring (bicyclic) bond motifs is 1. The van der Waals surface area contributed by atoms with Gasteiger partial charge >= 0.3 is 0 Å². The Kier molecular flexibility index (Phi) is 8.81. The van der Waals surface area contributed by atoms with E-state index in [1.54, 1.807) is 25.1 Å². The van der Waals surface area contributed by atoms with Crippen LogP contribution in [0.25, 0.3) is 0 Å². The lowest BCUT2D eigenvalue weighted by molar-refractivity contribution is -0.139. The van der Waals surface area contributed by atoms with E-state index >= 15 is 0 Å². The Hall–Kier alpha value is -3.27. The number of nitrogens with zero attached hydrogens (tertiary/aromatic N) is 2. The molecule has 1 atom stereocenters. The highest BCUT2D eigenvalue weighted by Crippen LogP contribution is 2.34. The number of hydrogen-bond acceptors (Lipinski definition) is 6. The number of carbonyl (C=O) groups excluding carboxylic acids is 2. The highest BCUT2D eigenvalue weighted by atomic mass is 32.2. The van der Waals surface area contributed by atoms with Gasteiger partial charge < -0.3 is 19.7 Å². The van der Waals surface area contributed by atoms with Crippen LogP contribution in [0.5, 0.6) is 11.5 Å². The second-order valence-electron chi connectivity index (χ2n) is 10.1. The highest BCUT2D eigenvalue weighted by Gasteiger charge is 2.31. The van der Waals surface area contributed by atoms with Gasteiger partial charge in [0.2, 0.25) is 21.8 Å². The molecule has 4 rings (SSSR count). The van der Waals surface area contributed by atoms with Gasteiger partial charge in [-0.2, -0.15) is 0 Å². The number of benzene rings is 2. The van der Waals surface area contributed by atoms with E-state index in [9.17, 15) is 18.0 Å². The summed E-state index contributed by atoms with van der Waals surface area (Å²) in [4.78, 5) is 28.5. The largest absolute Gasteiger partial charge is 0.486 e. The van der Waals surface area contributed by atoms with Crippen LogP contribution in [0.3, 0.4) is 0 Å². The highest BCUT2D eigenvalue weighted by molar-refractivity contribution is 7.92. The molecular formula is C28H37N3O6S. The molecule has 2 aromatic carbocycles. The van der Waals surface area contributed by atoms with Gasteiger partial charge in [-0.25, -0.2) is 8.42 Å². The van der Waals surface area contributed by atoms with Crippen molar-refractivity contribution in [1.29, 1.82) is 0 Å². The van der Waals surface area contributed by atoms with Gasteiger partial charge in [-0.05, 0) is 44.4 Å². The smallest absolute Gasteiger partial charge is 0.244 e. The number of sulfonamides is 1. The molecule has 0 spiro atoms. The van der Waals surface area contributed by atoms with Crippen molar-refractivity contribution in [2.24, 2.45) is 0 Å². The number of aryl methyl sites for hydroxylation is 1. The minimum absolute atomic E-state index is 0.0971. The third-order valence-corrected chi connectivity index (χ3v) is 8.19. The first-order valence-electron chi connectivity index (χ1n) is 13.1. The topological polar surface area (TPSA) is 105 Å². The number of anilines is 1. The molecule has 2 aliphatic rings. The molecule has 2 amide bonds. The third-order valence-electron chi connectivity index (χ3n) is 7.05. The number of rotatable bonds is 9. The zero-order valence-electron chi connectivity index (χ0n) is 22.3. The van der Waals surface area contributed by atoms with E-state index in [1.807, 2.05) is 31.2 Å². The van der Waals surface area contributed by atoms with Gasteiger partial charge in [0.1, 0.15) is 25.8 Å². The van der Waals surface area contributed by atoms with Crippen molar-refractivity contribution < 1.29 is 27.5 Å². The second-order valence-corrected chi connectivity index (χ2v) is 12.0. The first kappa shape index (κ1) is 27.8. The van der Waals surface area contributed by atoms with Crippen LogP contribution in [-0.4, -0.2) is 63.2 Å². The molecule has 0 radical (unpaired) electrons. The fourth-order valence-corrected chi connectivity index (χ4v) is 5.80. The van der Waals surface area contributed by atoms with Crippen molar-refractivity contribution in [1.82, 2.24) is 10.2 Å². The van der Waals surface area contributed by atoms with Gasteiger partial charge in [0.05, 0.1) is 11.9 Å². The Labute approximate surface area is 225 Å². The Morgan fingerprint density at radius 1 is 1.03 bits per heavy atom. The summed E-state index contributed by atoms with van der Waals surface area (Å²) in [6.45, 7) is 4.15. The van der Waals surface area contributed by atoms with Crippen molar-refractivity contribution in [3.8, 4) is 11.5 Å². The maximum atomic E-state index is 13.8. The predicted molar refractivity (Wildman–Crippen MR) is 146 cm³/mol. The fraction of sp³-hybridized carbons (Fsp3) is 0.500. The van der Waals surface area contributed by atoms with E-state index in [4.69, 9.17) is 9.47 Å². The van der Waals surface area contributed by atoms with E-state index in [0.717, 1.165) is 47.4 Å². The number of nitrogens with one attached hydrogen (secondary N) is 1. The number of amides is 2. The summed E-state index contributed by atoms with van der Waals surface area (Å²) in [6.07, 6.45) is 6.23. The molecule has 0 unspecified atom stereocenters. The van der Waals surface area contributed by atoms with Crippen LogP contribution < -0.4 is 19.1 Å². The summed E-state index contributed by atoms with van der Waals surface area (Å²) in [5.74, 6) is 0.238. The lowest BCUT2D eigenvalue weighted by Crippen LogP contribution is -2.53. The summed E-state index contributed by atoms with van der Waals surface area (Å²) in [6, 6.07) is 11.8. The quantitative estimate of drug-likeness (QED) is 0.520. The molecule has 38 heavy (non-hydrogen) atoms. The van der Waals surface area contributed by atoms with Crippen LogP contribution in [0.15, 0.2) is 42.5 Å². The maximum absolute atomic E-state index is 13.8. The number of carbonyl (C=O) groups is 2. The Morgan fingerprint density at radius 3 is 2.42 bits per heavy atom. The molecule has 2 aromatic rings. The van der Waals surface area contributed by atoms with Crippen LogP contribution in [0.2, 0.25) is 0 Å². The monoisotopic (exact) mass is 543 g/mol. The summed E-state index contributed by atoms with van der Waals surface area (Å²) in [5.41, 5.74) is 2.18. The maximum Gasteiger partial charge on any atom is 0.244 e. The molecule has 0 aromatic heterocycles. The van der Waals surface area contributed by atoms with Gasteiger partial charge in [-0.15, -0.1) is 0 Å². The summed E-state index contributed by atoms with van der Waals surface area (Å²) in [5, 5.41) is 3.11. The van der Waals surface area contributed by atoms with E-state index in [0.29, 0.717) is 30.4 Å². The molecule has 10 heteroatoms. The van der Waals surface area contributed by atoms with E-state index < -0.39 is 28.5 Å². The average molecular weight is 544 g/mol. The van der Waals surface area contributed by atoms with E-state index in [-0.39, 0.29) is 18.5 Å². The van der Waals surface area contributed by atoms with Crippen LogP contribution in [-0.2, 0) is 26.2 Å². The van der Waals surface area contributed by atoms with Crippen molar-refractivity contribution in [2.75, 3.05) is 30.3 Å². The van der Waals surface area contributed by atoms with Crippen molar-refractivity contribution in [3.05, 3.63) is 53.6 Å². The molecule has 1 heterocycles. The number of hydrogen-bond donors (Lipinski definition) is 1. The molecule has 1 fully saturated rings. The van der Waals surface area contributed by atoms with Crippen molar-refractivity contribution in [3.63, 3.8) is 0 Å². The molecule has 1 aliphatic heterocycles. The van der Waals surface area contributed by atoms with Gasteiger partial charge in [0.15, 0.2) is 11.5 Å². The summed E-state index contributed by atoms with van der Waals surface area (Å²) < 4.78 is 37.9. The molecule has 1 N–H and O–H groups in total. The average Bonchev–Trinajstić information content (AvgIpc) is 2.89. The van der Waals surface area contributed by atoms with E-state index in [2.05, 4.69) is 5.32 Å². The Bertz CT molecular complexity index is 1260. The van der Waals surface area contributed by atoms with Gasteiger partial charge in [-0.1, -0.05) is 49.1 Å². The number of ether oxygens (including phenoxy) is 2. The molecule has 9 nitrogen and oxygen atoms in total. The zero-order valence-corrected chi connectivity index (χ0v) is 23.1. The molecule has 1 saturated carbocycles. The Balaban J connectivity index is 1.59.